The Kier molecular flexibility index (Phi) is 9.33. The molecule has 1 aliphatic carbocycles. The zero-order chi connectivity index (χ0) is 28.6. The van der Waals surface area contributed by atoms with E-state index >= 15 is 0 Å². The monoisotopic (exact) mass is 549 g/mol. The van der Waals surface area contributed by atoms with Gasteiger partial charge in [-0.2, -0.15) is 0 Å². The molecule has 1 amide bonds. The average molecular weight is 550 g/mol. The number of carbonyl (C=O) groups is 1. The van der Waals surface area contributed by atoms with Crippen LogP contribution in [0.25, 0.3) is 5.57 Å². The van der Waals surface area contributed by atoms with Crippen LogP contribution in [-0.4, -0.2) is 71.7 Å². The zero-order valence-electron chi connectivity index (χ0n) is 24.2. The number of benzene rings is 1. The fourth-order valence-electron chi connectivity index (χ4n) is 5.07. The first kappa shape index (κ1) is 28.4. The number of rotatable bonds is 8. The summed E-state index contributed by atoms with van der Waals surface area (Å²) in [5.41, 5.74) is 7.95. The quantitative estimate of drug-likeness (QED) is 0.487. The number of likely N-dealkylation sites (N-methyl/N-ethyl adjacent to an activating group) is 1. The van der Waals surface area contributed by atoms with Crippen molar-refractivity contribution in [2.24, 2.45) is 4.99 Å². The van der Waals surface area contributed by atoms with Gasteiger partial charge in [0.15, 0.2) is 0 Å². The summed E-state index contributed by atoms with van der Waals surface area (Å²) in [5, 5.41) is 6.50. The second-order valence-corrected chi connectivity index (χ2v) is 10.9. The largest absolute Gasteiger partial charge is 0.348 e. The number of allylic oxidation sites excluding steroid dienone is 7. The second-order valence-electron chi connectivity index (χ2n) is 10.9. The summed E-state index contributed by atoms with van der Waals surface area (Å²) in [6, 6.07) is 8.10. The summed E-state index contributed by atoms with van der Waals surface area (Å²) in [6.07, 6.45) is 17.3. The summed E-state index contributed by atoms with van der Waals surface area (Å²) in [5.74, 6) is 0.495. The lowest BCUT2D eigenvalue weighted by atomic mass is 10.0. The Hall–Kier alpha value is -4.14. The van der Waals surface area contributed by atoms with Crippen LogP contribution in [0, 0.1) is 6.92 Å². The number of aromatic nitrogens is 2. The van der Waals surface area contributed by atoms with Crippen LogP contribution in [0.3, 0.4) is 0 Å². The molecule has 0 spiro atoms. The Balaban J connectivity index is 1.16. The van der Waals surface area contributed by atoms with Crippen LogP contribution in [0.1, 0.15) is 46.9 Å². The van der Waals surface area contributed by atoms with Crippen molar-refractivity contribution in [3.05, 3.63) is 106 Å². The Bertz CT molecular complexity index is 1460. The van der Waals surface area contributed by atoms with Crippen molar-refractivity contribution >= 4 is 23.6 Å². The maximum absolute atomic E-state index is 13.1. The van der Waals surface area contributed by atoms with Crippen LogP contribution in [0.5, 0.6) is 0 Å². The van der Waals surface area contributed by atoms with Gasteiger partial charge in [-0.15, -0.1) is 0 Å². The van der Waals surface area contributed by atoms with E-state index in [0.717, 1.165) is 78.4 Å². The van der Waals surface area contributed by atoms with E-state index in [1.54, 1.807) is 12.4 Å². The molecule has 0 unspecified atom stereocenters. The number of piperazine rings is 1. The lowest BCUT2D eigenvalue weighted by molar-refractivity contribution is 0.0956. The number of anilines is 1. The van der Waals surface area contributed by atoms with E-state index in [2.05, 4.69) is 80.8 Å². The van der Waals surface area contributed by atoms with Gasteiger partial charge in [0.2, 0.25) is 5.95 Å². The third-order valence-corrected chi connectivity index (χ3v) is 7.65. The van der Waals surface area contributed by atoms with Crippen molar-refractivity contribution in [2.45, 2.75) is 33.2 Å². The van der Waals surface area contributed by atoms with E-state index < -0.39 is 0 Å². The molecule has 1 aromatic heterocycles. The van der Waals surface area contributed by atoms with Gasteiger partial charge >= 0.3 is 0 Å². The molecule has 0 atom stereocenters. The number of nitrogens with zero attached hydrogens (tertiary/aromatic N) is 5. The fraction of sp³-hybridized carbons (Fsp3) is 0.333. The highest BCUT2D eigenvalue weighted by Gasteiger charge is 2.16. The minimum Gasteiger partial charge on any atom is -0.348 e. The van der Waals surface area contributed by atoms with E-state index in [9.17, 15) is 4.79 Å². The highest BCUT2D eigenvalue weighted by Crippen LogP contribution is 2.21. The van der Waals surface area contributed by atoms with Gasteiger partial charge in [-0.05, 0) is 68.1 Å². The third kappa shape index (κ3) is 7.74. The molecular formula is C33H39N7O. The minimum absolute atomic E-state index is 0.0430. The summed E-state index contributed by atoms with van der Waals surface area (Å²) in [6.45, 7) is 9.86. The van der Waals surface area contributed by atoms with Gasteiger partial charge in [-0.25, -0.2) is 9.97 Å². The zero-order valence-corrected chi connectivity index (χ0v) is 24.2. The topological polar surface area (TPSA) is 85.8 Å². The van der Waals surface area contributed by atoms with Crippen molar-refractivity contribution in [3.8, 4) is 0 Å². The number of hydrogen-bond acceptors (Lipinski definition) is 7. The molecule has 2 N–H and O–H groups in total. The van der Waals surface area contributed by atoms with Gasteiger partial charge in [-0.1, -0.05) is 42.5 Å². The van der Waals surface area contributed by atoms with Crippen molar-refractivity contribution in [2.75, 3.05) is 45.1 Å². The van der Waals surface area contributed by atoms with E-state index in [1.807, 2.05) is 31.3 Å². The molecule has 41 heavy (non-hydrogen) atoms. The molecule has 1 saturated heterocycles. The molecule has 2 aliphatic heterocycles. The van der Waals surface area contributed by atoms with Crippen molar-refractivity contribution in [1.82, 2.24) is 25.1 Å². The molecule has 2 aromatic rings. The molecule has 0 bridgehead atoms. The van der Waals surface area contributed by atoms with Crippen LogP contribution in [0.15, 0.2) is 88.9 Å². The molecule has 3 heterocycles. The summed E-state index contributed by atoms with van der Waals surface area (Å²) < 4.78 is 0. The Morgan fingerprint density at radius 3 is 2.73 bits per heavy atom. The van der Waals surface area contributed by atoms with Gasteiger partial charge in [0.05, 0.1) is 5.69 Å². The van der Waals surface area contributed by atoms with Crippen molar-refractivity contribution < 1.29 is 4.79 Å². The van der Waals surface area contributed by atoms with E-state index in [0.29, 0.717) is 18.9 Å². The van der Waals surface area contributed by atoms with Crippen LogP contribution in [0.4, 0.5) is 5.95 Å². The van der Waals surface area contributed by atoms with Gasteiger partial charge in [0.1, 0.15) is 0 Å². The summed E-state index contributed by atoms with van der Waals surface area (Å²) in [4.78, 5) is 31.3. The maximum atomic E-state index is 13.1. The SMILES string of the molecule is CC1=CC=C(CNC(=O)c2ccc(CN3CCN(C)CC3)cc2C)CC=C1Nc1nccc(C2=CCC=CN=C2)n1. The standard InChI is InChI=1S/C33H39N7O/c1-24-7-8-26(10-12-30(24)37-33-35-15-13-31(38-33)28-6-4-5-14-34-22-28)21-36-32(41)29-11-9-27(20-25(29)2)23-40-18-16-39(3)17-19-40/h5-9,11-15,20,22H,4,10,16-19,21,23H2,1-3H3,(H,36,41)(H,35,37,38). The summed E-state index contributed by atoms with van der Waals surface area (Å²) in [7, 11) is 2.17. The van der Waals surface area contributed by atoms with Gasteiger partial charge < -0.3 is 15.5 Å². The van der Waals surface area contributed by atoms with Crippen LogP contribution >= 0.6 is 0 Å². The number of aliphatic imine (C=N–C) groups is 1. The Morgan fingerprint density at radius 1 is 1.05 bits per heavy atom. The van der Waals surface area contributed by atoms with E-state index in [1.165, 1.54) is 5.56 Å². The molecule has 0 saturated carbocycles. The molecule has 1 aromatic carbocycles. The van der Waals surface area contributed by atoms with Crippen molar-refractivity contribution in [3.63, 3.8) is 0 Å². The molecule has 0 radical (unpaired) electrons. The van der Waals surface area contributed by atoms with Gasteiger partial charge in [-0.3, -0.25) is 14.7 Å². The number of amides is 1. The van der Waals surface area contributed by atoms with Gasteiger partial charge in [0.25, 0.3) is 5.91 Å². The first-order valence-electron chi connectivity index (χ1n) is 14.3. The maximum Gasteiger partial charge on any atom is 0.251 e. The normalized spacial score (nSPS) is 18.0. The highest BCUT2D eigenvalue weighted by atomic mass is 16.1. The molecule has 3 aliphatic rings. The molecule has 8 nitrogen and oxygen atoms in total. The second kappa shape index (κ2) is 13.5. The van der Waals surface area contributed by atoms with Gasteiger partial charge in [0, 0.05) is 74.7 Å². The van der Waals surface area contributed by atoms with Crippen LogP contribution < -0.4 is 10.6 Å². The van der Waals surface area contributed by atoms with Crippen molar-refractivity contribution in [1.29, 1.82) is 0 Å². The molecular weight excluding hydrogens is 510 g/mol. The molecule has 5 rings (SSSR count). The van der Waals surface area contributed by atoms with E-state index in [-0.39, 0.29) is 5.91 Å². The predicted octanol–water partition coefficient (Wildman–Crippen LogP) is 4.91. The first-order chi connectivity index (χ1) is 19.9. The Morgan fingerprint density at radius 2 is 1.90 bits per heavy atom. The fourth-order valence-corrected chi connectivity index (χ4v) is 5.07. The molecule has 8 heteroatoms. The summed E-state index contributed by atoms with van der Waals surface area (Å²) >= 11 is 0. The minimum atomic E-state index is -0.0430. The predicted molar refractivity (Wildman–Crippen MR) is 167 cm³/mol. The Labute approximate surface area is 243 Å². The average Bonchev–Trinajstić information content (AvgIpc) is 3.35. The lowest BCUT2D eigenvalue weighted by Crippen LogP contribution is -2.43. The number of aryl methyl sites for hydroxylation is 1. The number of nitrogens with one attached hydrogen (secondary N) is 2. The molecule has 1 fully saturated rings. The van der Waals surface area contributed by atoms with Crippen LogP contribution in [-0.2, 0) is 6.54 Å². The first-order valence-corrected chi connectivity index (χ1v) is 14.3. The van der Waals surface area contributed by atoms with E-state index in [4.69, 9.17) is 4.98 Å². The third-order valence-electron chi connectivity index (χ3n) is 7.65. The smallest absolute Gasteiger partial charge is 0.251 e. The highest BCUT2D eigenvalue weighted by molar-refractivity contribution is 6.09. The number of hydrogen-bond donors (Lipinski definition) is 2. The lowest BCUT2D eigenvalue weighted by Gasteiger charge is -2.32. The molecule has 212 valence electrons. The van der Waals surface area contributed by atoms with Crippen LogP contribution in [0.2, 0.25) is 0 Å². The number of carbonyl (C=O) groups excluding carboxylic acids is 1.